The second kappa shape index (κ2) is 5.77. The van der Waals surface area contributed by atoms with Crippen molar-refractivity contribution in [3.63, 3.8) is 0 Å². The lowest BCUT2D eigenvalue weighted by Crippen LogP contribution is -2.19. The monoisotopic (exact) mass is 289 g/mol. The van der Waals surface area contributed by atoms with Crippen molar-refractivity contribution < 1.29 is 4.79 Å². The molecule has 0 spiro atoms. The molecule has 1 heterocycles. The van der Waals surface area contributed by atoms with E-state index in [-0.39, 0.29) is 5.78 Å². The number of nitrogens with zero attached hydrogens (tertiary/aromatic N) is 1. The van der Waals surface area contributed by atoms with Gasteiger partial charge in [-0.3, -0.25) is 0 Å². The summed E-state index contributed by atoms with van der Waals surface area (Å²) < 4.78 is 1.15. The summed E-state index contributed by atoms with van der Waals surface area (Å²) in [5.74, 6) is 0.262. The SMILES string of the molecule is CC(=O)CCC(c1ccc(Br)s1)N(C)C. The van der Waals surface area contributed by atoms with Crippen LogP contribution in [0.2, 0.25) is 0 Å². The first-order valence-corrected chi connectivity index (χ1v) is 6.52. The molecule has 1 unspecified atom stereocenters. The highest BCUT2D eigenvalue weighted by atomic mass is 79.9. The van der Waals surface area contributed by atoms with Crippen molar-refractivity contribution in [2.24, 2.45) is 0 Å². The molecule has 1 aromatic heterocycles. The van der Waals surface area contributed by atoms with Crippen molar-refractivity contribution in [1.29, 1.82) is 0 Å². The molecule has 0 radical (unpaired) electrons. The minimum Gasteiger partial charge on any atom is -0.302 e. The van der Waals surface area contributed by atoms with Gasteiger partial charge in [0.25, 0.3) is 0 Å². The Kier molecular flexibility index (Phi) is 4.96. The smallest absolute Gasteiger partial charge is 0.129 e. The molecule has 0 bridgehead atoms. The molecule has 0 fully saturated rings. The van der Waals surface area contributed by atoms with Gasteiger partial charge in [0.05, 0.1) is 3.79 Å². The Balaban J connectivity index is 2.70. The molecule has 15 heavy (non-hydrogen) atoms. The summed E-state index contributed by atoms with van der Waals surface area (Å²) in [5, 5.41) is 0. The van der Waals surface area contributed by atoms with Gasteiger partial charge in [-0.1, -0.05) is 0 Å². The Hall–Kier alpha value is -0.190. The van der Waals surface area contributed by atoms with Gasteiger partial charge in [0.15, 0.2) is 0 Å². The summed E-state index contributed by atoms with van der Waals surface area (Å²) in [6.45, 7) is 1.65. The average molecular weight is 290 g/mol. The Labute approximate surface area is 103 Å². The minimum atomic E-state index is 0.262. The number of carbonyl (C=O) groups excluding carboxylic acids is 1. The first-order valence-electron chi connectivity index (χ1n) is 4.92. The highest BCUT2D eigenvalue weighted by Gasteiger charge is 2.16. The second-order valence-corrected chi connectivity index (χ2v) is 6.36. The van der Waals surface area contributed by atoms with Crippen molar-refractivity contribution >= 4 is 33.0 Å². The molecule has 84 valence electrons. The van der Waals surface area contributed by atoms with E-state index in [1.165, 1.54) is 4.88 Å². The molecule has 0 N–H and O–H groups in total. The third kappa shape index (κ3) is 4.05. The zero-order valence-electron chi connectivity index (χ0n) is 9.29. The van der Waals surface area contributed by atoms with E-state index >= 15 is 0 Å². The fourth-order valence-corrected chi connectivity index (χ4v) is 3.16. The maximum absolute atomic E-state index is 11.0. The molecule has 0 saturated heterocycles. The Morgan fingerprint density at radius 2 is 2.20 bits per heavy atom. The van der Waals surface area contributed by atoms with Crippen LogP contribution in [0.5, 0.6) is 0 Å². The van der Waals surface area contributed by atoms with Gasteiger partial charge in [0.1, 0.15) is 5.78 Å². The van der Waals surface area contributed by atoms with Gasteiger partial charge in [0, 0.05) is 17.3 Å². The predicted molar refractivity (Wildman–Crippen MR) is 68.4 cm³/mol. The van der Waals surface area contributed by atoms with Crippen LogP contribution in [0.15, 0.2) is 15.9 Å². The van der Waals surface area contributed by atoms with E-state index in [4.69, 9.17) is 0 Å². The molecule has 1 aromatic rings. The fraction of sp³-hybridized carbons (Fsp3) is 0.545. The molecule has 0 saturated carbocycles. The lowest BCUT2D eigenvalue weighted by Gasteiger charge is -2.22. The van der Waals surface area contributed by atoms with Gasteiger partial charge >= 0.3 is 0 Å². The van der Waals surface area contributed by atoms with E-state index in [1.54, 1.807) is 18.3 Å². The van der Waals surface area contributed by atoms with Gasteiger partial charge in [0.2, 0.25) is 0 Å². The van der Waals surface area contributed by atoms with Crippen molar-refractivity contribution in [3.8, 4) is 0 Å². The summed E-state index contributed by atoms with van der Waals surface area (Å²) in [6, 6.07) is 4.54. The van der Waals surface area contributed by atoms with Crippen LogP contribution in [0.4, 0.5) is 0 Å². The molecular formula is C11H16BrNOS. The number of Topliss-reactive ketones (excluding diaryl/α,β-unsaturated/α-hetero) is 1. The molecule has 0 aliphatic carbocycles. The molecular weight excluding hydrogens is 274 g/mol. The van der Waals surface area contributed by atoms with Crippen LogP contribution in [-0.2, 0) is 4.79 Å². The molecule has 0 aromatic carbocycles. The van der Waals surface area contributed by atoms with E-state index in [0.29, 0.717) is 12.5 Å². The summed E-state index contributed by atoms with van der Waals surface area (Å²) in [5.41, 5.74) is 0. The number of hydrogen-bond donors (Lipinski definition) is 0. The zero-order chi connectivity index (χ0) is 11.4. The van der Waals surface area contributed by atoms with Crippen molar-refractivity contribution in [2.45, 2.75) is 25.8 Å². The Morgan fingerprint density at radius 3 is 2.60 bits per heavy atom. The lowest BCUT2D eigenvalue weighted by atomic mass is 10.1. The zero-order valence-corrected chi connectivity index (χ0v) is 11.7. The largest absolute Gasteiger partial charge is 0.302 e. The summed E-state index contributed by atoms with van der Waals surface area (Å²) >= 11 is 5.20. The average Bonchev–Trinajstić information content (AvgIpc) is 2.51. The van der Waals surface area contributed by atoms with Crippen LogP contribution in [0.25, 0.3) is 0 Å². The molecule has 0 aliphatic rings. The lowest BCUT2D eigenvalue weighted by molar-refractivity contribution is -0.117. The molecule has 1 atom stereocenters. The summed E-state index contributed by atoms with van der Waals surface area (Å²) in [7, 11) is 4.11. The summed E-state index contributed by atoms with van der Waals surface area (Å²) in [4.78, 5) is 14.5. The van der Waals surface area contributed by atoms with Gasteiger partial charge < -0.3 is 9.69 Å². The highest BCUT2D eigenvalue weighted by Crippen LogP contribution is 2.32. The number of carbonyl (C=O) groups is 1. The van der Waals surface area contributed by atoms with Crippen LogP contribution in [0, 0.1) is 0 Å². The van der Waals surface area contributed by atoms with Crippen LogP contribution in [-0.4, -0.2) is 24.8 Å². The number of rotatable bonds is 5. The first kappa shape index (κ1) is 12.9. The number of halogens is 1. The van der Waals surface area contributed by atoms with Crippen LogP contribution >= 0.6 is 27.3 Å². The third-order valence-corrected chi connectivity index (χ3v) is 4.04. The summed E-state index contributed by atoms with van der Waals surface area (Å²) in [6.07, 6.45) is 1.55. The first-order chi connectivity index (χ1) is 7.00. The van der Waals surface area contributed by atoms with Gasteiger partial charge in [-0.05, 0) is 55.5 Å². The topological polar surface area (TPSA) is 20.3 Å². The molecule has 1 rings (SSSR count). The Bertz CT molecular complexity index is 335. The molecule has 0 amide bonds. The van der Waals surface area contributed by atoms with Crippen LogP contribution in [0.3, 0.4) is 0 Å². The Morgan fingerprint density at radius 1 is 1.53 bits per heavy atom. The molecule has 4 heteroatoms. The standard InChI is InChI=1S/C11H16BrNOS/c1-8(14)4-5-9(13(2)3)10-6-7-11(12)15-10/h6-7,9H,4-5H2,1-3H3. The number of ketones is 1. The van der Waals surface area contributed by atoms with Gasteiger partial charge in [-0.2, -0.15) is 0 Å². The molecule has 0 aliphatic heterocycles. The van der Waals surface area contributed by atoms with Gasteiger partial charge in [-0.25, -0.2) is 0 Å². The van der Waals surface area contributed by atoms with E-state index in [2.05, 4.69) is 47.1 Å². The number of thiophene rings is 1. The van der Waals surface area contributed by atoms with Crippen LogP contribution < -0.4 is 0 Å². The van der Waals surface area contributed by atoms with E-state index in [1.807, 2.05) is 0 Å². The normalized spacial score (nSPS) is 13.1. The van der Waals surface area contributed by atoms with Crippen molar-refractivity contribution in [3.05, 3.63) is 20.8 Å². The maximum Gasteiger partial charge on any atom is 0.129 e. The van der Waals surface area contributed by atoms with E-state index in [9.17, 15) is 4.79 Å². The van der Waals surface area contributed by atoms with Crippen molar-refractivity contribution in [1.82, 2.24) is 4.90 Å². The van der Waals surface area contributed by atoms with Crippen LogP contribution in [0.1, 0.15) is 30.7 Å². The van der Waals surface area contributed by atoms with Crippen molar-refractivity contribution in [2.75, 3.05) is 14.1 Å². The third-order valence-electron chi connectivity index (χ3n) is 2.32. The molecule has 2 nitrogen and oxygen atoms in total. The van der Waals surface area contributed by atoms with Gasteiger partial charge in [-0.15, -0.1) is 11.3 Å². The minimum absolute atomic E-state index is 0.262. The maximum atomic E-state index is 11.0. The number of hydrogen-bond acceptors (Lipinski definition) is 3. The highest BCUT2D eigenvalue weighted by molar-refractivity contribution is 9.11. The predicted octanol–water partition coefficient (Wildman–Crippen LogP) is 3.48. The van der Waals surface area contributed by atoms with E-state index in [0.717, 1.165) is 10.2 Å². The second-order valence-electron chi connectivity index (χ2n) is 3.86. The van der Waals surface area contributed by atoms with E-state index < -0.39 is 0 Å². The fourth-order valence-electron chi connectivity index (χ4n) is 1.50. The quantitative estimate of drug-likeness (QED) is 0.827.